The van der Waals surface area contributed by atoms with E-state index in [-0.39, 0.29) is 80.9 Å². The molecule has 2 aliphatic rings. The molecule has 4 heterocycles. The topological polar surface area (TPSA) is 248 Å². The number of nitrogens with one attached hydrogen (secondary N) is 3. The number of hydrogen-bond acceptors (Lipinski definition) is 14. The summed E-state index contributed by atoms with van der Waals surface area (Å²) in [6, 6.07) is 15.4. The number of carbonyl (C=O) groups excluding carboxylic acids is 8. The Balaban J connectivity index is 0.991. The molecule has 0 bridgehead atoms. The maximum absolute atomic E-state index is 14.9. The van der Waals surface area contributed by atoms with E-state index in [1.807, 2.05) is 18.3 Å². The summed E-state index contributed by atoms with van der Waals surface area (Å²) in [7, 11) is 4.84. The van der Waals surface area contributed by atoms with Gasteiger partial charge in [0.05, 0.1) is 48.4 Å². The number of aromatic nitrogens is 3. The monoisotopic (exact) mass is 1110 g/mol. The van der Waals surface area contributed by atoms with E-state index in [0.29, 0.717) is 46.2 Å². The Bertz CT molecular complexity index is 3250. The van der Waals surface area contributed by atoms with Crippen LogP contribution >= 0.6 is 0 Å². The molecule has 21 heteroatoms. The SMILES string of the molecule is C=CCOC(=O)C[C@H](C(=O)N[C@@H](C)C(=O)Nc1ccc2c(c1)N1C(=O)c3cc(C)c(OCCCC(=O)Cc4cn(C)c(C(=O)Nc5ccc(-c6cc(C(=O)OCC=C)n(C)c6)cc5)n4)cc3N(C(=O)OCC=C)C(OC)[C@@H]1C2)C(C)C. The highest BCUT2D eigenvalue weighted by molar-refractivity contribution is 6.15. The molecule has 0 saturated carbocycles. The maximum Gasteiger partial charge on any atom is 0.416 e. The Morgan fingerprint density at radius 1 is 0.790 bits per heavy atom. The minimum Gasteiger partial charge on any atom is -0.493 e. The molecule has 0 radical (unpaired) electrons. The van der Waals surface area contributed by atoms with E-state index in [1.54, 1.807) is 104 Å². The summed E-state index contributed by atoms with van der Waals surface area (Å²) in [5.74, 6) is -3.65. The number of hydrogen-bond donors (Lipinski definition) is 3. The number of ether oxygens (including phenoxy) is 5. The molecule has 7 rings (SSSR count). The van der Waals surface area contributed by atoms with Crippen molar-refractivity contribution in [1.82, 2.24) is 19.4 Å². The van der Waals surface area contributed by atoms with Crippen molar-refractivity contribution in [3.05, 3.63) is 145 Å². The molecule has 2 aromatic heterocycles. The molecule has 426 valence electrons. The summed E-state index contributed by atoms with van der Waals surface area (Å²) in [4.78, 5) is 114. The largest absolute Gasteiger partial charge is 0.493 e. The summed E-state index contributed by atoms with van der Waals surface area (Å²) in [5.41, 5.74) is 5.33. The lowest BCUT2D eigenvalue weighted by Crippen LogP contribution is -2.53. The second-order valence-electron chi connectivity index (χ2n) is 20.0. The molecular weight excluding hydrogens is 1040 g/mol. The van der Waals surface area contributed by atoms with Crippen LogP contribution in [-0.2, 0) is 65.1 Å². The van der Waals surface area contributed by atoms with Crippen LogP contribution < -0.4 is 30.5 Å². The first kappa shape index (κ1) is 59.5. The number of benzene rings is 3. The summed E-state index contributed by atoms with van der Waals surface area (Å²) in [5, 5.41) is 8.39. The van der Waals surface area contributed by atoms with Crippen molar-refractivity contribution in [2.75, 3.05) is 54.0 Å². The van der Waals surface area contributed by atoms with Gasteiger partial charge in [0.15, 0.2) is 12.1 Å². The number of anilines is 4. The highest BCUT2D eigenvalue weighted by Gasteiger charge is 2.48. The standard InChI is InChI=1S/C60H68N8O13/c1-11-22-79-52(70)31-45(35(4)5)55(72)61-37(7)54(71)64-42-21-18-39-27-49-58(77-10)68(60(76)81-24-13-3)48-32-51(36(6)26-46(48)57(74)67(49)47(39)30-42)78-25-14-15-44(69)29-43-34-66(9)53(62-43)56(73)63-41-19-16-38(17-20-41)40-28-50(65(8)33-40)59(75)80-23-12-2/h11-13,16-21,26,28,30,32-35,37,45,49,58H,1-3,14-15,22-25,27,29,31H2,4-10H3,(H,61,72)(H,63,73)(H,64,71)/t37-,45-,49-,58?/m0/s1. The molecule has 3 N–H and O–H groups in total. The van der Waals surface area contributed by atoms with E-state index in [0.717, 1.165) is 16.7 Å². The Morgan fingerprint density at radius 2 is 1.48 bits per heavy atom. The average molecular weight is 1110 g/mol. The van der Waals surface area contributed by atoms with Gasteiger partial charge in [-0.2, -0.15) is 0 Å². The number of esters is 2. The summed E-state index contributed by atoms with van der Waals surface area (Å²) >= 11 is 0. The Labute approximate surface area is 469 Å². The lowest BCUT2D eigenvalue weighted by Gasteiger charge is -2.34. The van der Waals surface area contributed by atoms with E-state index in [2.05, 4.69) is 40.7 Å². The molecule has 5 amide bonds. The fraction of sp³-hybridized carbons (Fsp3) is 0.350. The van der Waals surface area contributed by atoms with Gasteiger partial charge in [-0.15, -0.1) is 0 Å². The number of methoxy groups -OCH3 is 1. The van der Waals surface area contributed by atoms with Gasteiger partial charge in [-0.3, -0.25) is 33.7 Å². The maximum atomic E-state index is 14.9. The van der Waals surface area contributed by atoms with E-state index >= 15 is 0 Å². The molecule has 0 spiro atoms. The molecule has 81 heavy (non-hydrogen) atoms. The third kappa shape index (κ3) is 14.0. The first-order chi connectivity index (χ1) is 38.8. The van der Waals surface area contributed by atoms with Gasteiger partial charge in [0.25, 0.3) is 11.8 Å². The van der Waals surface area contributed by atoms with Crippen LogP contribution in [0.2, 0.25) is 0 Å². The van der Waals surface area contributed by atoms with Gasteiger partial charge in [-0.25, -0.2) is 19.5 Å². The van der Waals surface area contributed by atoms with E-state index in [9.17, 15) is 38.4 Å². The van der Waals surface area contributed by atoms with Gasteiger partial charge in [0.1, 0.15) is 43.1 Å². The smallest absolute Gasteiger partial charge is 0.416 e. The zero-order chi connectivity index (χ0) is 58.7. The lowest BCUT2D eigenvalue weighted by molar-refractivity contribution is -0.146. The third-order valence-electron chi connectivity index (χ3n) is 13.8. The van der Waals surface area contributed by atoms with Crippen LogP contribution in [0.1, 0.15) is 88.3 Å². The van der Waals surface area contributed by atoms with E-state index < -0.39 is 65.9 Å². The highest BCUT2D eigenvalue weighted by atomic mass is 16.6. The van der Waals surface area contributed by atoms with Crippen LogP contribution in [0.25, 0.3) is 11.1 Å². The van der Waals surface area contributed by atoms with Crippen molar-refractivity contribution in [2.45, 2.75) is 78.1 Å². The molecular formula is C60H68N8O13. The van der Waals surface area contributed by atoms with Crippen molar-refractivity contribution in [1.29, 1.82) is 0 Å². The van der Waals surface area contributed by atoms with Crippen LogP contribution in [0.4, 0.5) is 27.5 Å². The fourth-order valence-corrected chi connectivity index (χ4v) is 9.62. The van der Waals surface area contributed by atoms with Gasteiger partial charge in [0, 0.05) is 68.7 Å². The predicted octanol–water partition coefficient (Wildman–Crippen LogP) is 7.82. The van der Waals surface area contributed by atoms with Gasteiger partial charge >= 0.3 is 18.0 Å². The number of carbonyl (C=O) groups is 8. The van der Waals surface area contributed by atoms with Crippen LogP contribution in [0.15, 0.2) is 111 Å². The number of Topliss-reactive ketones (excluding diaryl/α,β-unsaturated/α-hetero) is 1. The average Bonchev–Trinajstić information content (AvgIpc) is 4.18. The van der Waals surface area contributed by atoms with Crippen molar-refractivity contribution >= 4 is 70.2 Å². The molecule has 0 aliphatic carbocycles. The number of rotatable bonds is 25. The predicted molar refractivity (Wildman–Crippen MR) is 303 cm³/mol. The molecule has 0 fully saturated rings. The van der Waals surface area contributed by atoms with Gasteiger partial charge in [-0.05, 0) is 85.7 Å². The molecule has 0 saturated heterocycles. The Kier molecular flexibility index (Phi) is 19.6. The fourth-order valence-electron chi connectivity index (χ4n) is 9.62. The van der Waals surface area contributed by atoms with Crippen molar-refractivity contribution in [3.63, 3.8) is 0 Å². The first-order valence-corrected chi connectivity index (χ1v) is 26.4. The molecule has 2 aliphatic heterocycles. The van der Waals surface area contributed by atoms with Gasteiger partial charge < -0.3 is 48.8 Å². The second-order valence-corrected chi connectivity index (χ2v) is 20.0. The second kappa shape index (κ2) is 26.7. The van der Waals surface area contributed by atoms with Gasteiger partial charge in [-0.1, -0.05) is 70.0 Å². The molecule has 4 atom stereocenters. The molecule has 21 nitrogen and oxygen atoms in total. The van der Waals surface area contributed by atoms with Crippen LogP contribution in [0.5, 0.6) is 5.75 Å². The summed E-state index contributed by atoms with van der Waals surface area (Å²) in [6.45, 7) is 17.7. The van der Waals surface area contributed by atoms with Crippen molar-refractivity contribution < 1.29 is 62.0 Å². The quantitative estimate of drug-likeness (QED) is 0.0218. The Hall–Kier alpha value is -9.11. The number of imidazole rings is 1. The van der Waals surface area contributed by atoms with Crippen LogP contribution in [-0.4, -0.2) is 113 Å². The molecule has 3 aromatic carbocycles. The summed E-state index contributed by atoms with van der Waals surface area (Å²) < 4.78 is 31.3. The van der Waals surface area contributed by atoms with E-state index in [1.165, 1.54) is 37.2 Å². The minimum atomic E-state index is -1.08. The summed E-state index contributed by atoms with van der Waals surface area (Å²) in [6.07, 6.45) is 6.39. The van der Waals surface area contributed by atoms with E-state index in [4.69, 9.17) is 23.7 Å². The van der Waals surface area contributed by atoms with Gasteiger partial charge in [0.2, 0.25) is 11.8 Å². The number of nitrogens with zero attached hydrogens (tertiary/aromatic N) is 5. The Morgan fingerprint density at radius 3 is 2.17 bits per heavy atom. The van der Waals surface area contributed by atoms with Crippen molar-refractivity contribution in [2.24, 2.45) is 25.9 Å². The minimum absolute atomic E-state index is 0.0139. The lowest BCUT2D eigenvalue weighted by atomic mass is 9.91. The zero-order valence-corrected chi connectivity index (χ0v) is 46.6. The number of amides is 5. The van der Waals surface area contributed by atoms with Crippen molar-refractivity contribution in [3.8, 4) is 16.9 Å². The first-order valence-electron chi connectivity index (χ1n) is 26.4. The molecule has 1 unspecified atom stereocenters. The molecule has 5 aromatic rings. The van der Waals surface area contributed by atoms with Crippen LogP contribution in [0.3, 0.4) is 0 Å². The zero-order valence-electron chi connectivity index (χ0n) is 46.6. The third-order valence-corrected chi connectivity index (χ3v) is 13.8. The normalized spacial score (nSPS) is 15.0. The number of ketones is 1. The number of aryl methyl sites for hydroxylation is 3. The van der Waals surface area contributed by atoms with Crippen LogP contribution in [0, 0.1) is 18.8 Å². The highest BCUT2D eigenvalue weighted by Crippen LogP contribution is 2.44. The number of fused-ring (bicyclic) bond motifs is 4.